The van der Waals surface area contributed by atoms with Crippen LogP contribution in [0.2, 0.25) is 0 Å². The molecule has 4 nitrogen and oxygen atoms in total. The maximum atomic E-state index is 10.9. The van der Waals surface area contributed by atoms with E-state index in [0.717, 1.165) is 36.5 Å². The number of hydrogen-bond acceptors (Lipinski definition) is 4. The second-order valence-electron chi connectivity index (χ2n) is 10.4. The van der Waals surface area contributed by atoms with Gasteiger partial charge in [-0.1, -0.05) is 0 Å². The average molecular weight is 330 g/mol. The van der Waals surface area contributed by atoms with Crippen LogP contribution in [0.15, 0.2) is 0 Å². The number of fused-ring (bicyclic) bond motifs is 4. The number of rotatable bonds is 0. The van der Waals surface area contributed by atoms with Gasteiger partial charge in [0.05, 0.1) is 12.2 Å². The maximum absolute atomic E-state index is 10.9. The Morgan fingerprint density at radius 1 is 0.458 bits per heavy atom. The lowest BCUT2D eigenvalue weighted by molar-refractivity contribution is -0.238. The molecule has 16 atom stereocenters. The van der Waals surface area contributed by atoms with Gasteiger partial charge >= 0.3 is 0 Å². The molecule has 0 radical (unpaired) electrons. The monoisotopic (exact) mass is 330 g/mol. The molecule has 0 spiro atoms. The molecule has 8 rings (SSSR count). The summed E-state index contributed by atoms with van der Waals surface area (Å²) in [5.74, 6) is 7.76. The van der Waals surface area contributed by atoms with Crippen LogP contribution in [0.1, 0.15) is 25.7 Å². The molecule has 6 saturated carbocycles. The van der Waals surface area contributed by atoms with E-state index in [9.17, 15) is 10.2 Å². The van der Waals surface area contributed by atoms with Gasteiger partial charge in [-0.05, 0) is 84.9 Å². The van der Waals surface area contributed by atoms with E-state index in [4.69, 9.17) is 9.47 Å². The normalized spacial score (nSPS) is 78.2. The summed E-state index contributed by atoms with van der Waals surface area (Å²) in [7, 11) is 0. The van der Waals surface area contributed by atoms with E-state index in [-0.39, 0.29) is 0 Å². The summed E-state index contributed by atoms with van der Waals surface area (Å²) in [4.78, 5) is 0. The molecule has 0 amide bonds. The van der Waals surface area contributed by atoms with E-state index in [0.29, 0.717) is 59.6 Å². The molecule has 8 fully saturated rings. The van der Waals surface area contributed by atoms with Crippen LogP contribution in [-0.2, 0) is 9.47 Å². The fraction of sp³-hybridized carbons (Fsp3) is 1.00. The van der Waals surface area contributed by atoms with E-state index in [1.54, 1.807) is 0 Å². The number of aliphatic hydroxyl groups excluding tert-OH is 2. The molecule has 6 aliphatic carbocycles. The zero-order chi connectivity index (χ0) is 15.5. The summed E-state index contributed by atoms with van der Waals surface area (Å²) in [5.41, 5.74) is 0. The predicted octanol–water partition coefficient (Wildman–Crippen LogP) is 1.46. The van der Waals surface area contributed by atoms with Crippen molar-refractivity contribution >= 4 is 0 Å². The molecule has 2 aliphatic heterocycles. The minimum absolute atomic E-state index is 0.294. The SMILES string of the molecule is O[C@H]1O[C@@H]2CC[C@H]3[C@@H]4[C@@H]5[C@@H]6[C@H]([C@@H]7CC[C@@H]8O[C@H](O)[C@@H]4[C@H]6[C@H]78)[C@H]1[C@@H]5[C@@H]32. The molecule has 0 aromatic carbocycles. The van der Waals surface area contributed by atoms with Gasteiger partial charge in [-0.2, -0.15) is 0 Å². The first-order chi connectivity index (χ1) is 11.8. The summed E-state index contributed by atoms with van der Waals surface area (Å²) in [6.45, 7) is 0. The van der Waals surface area contributed by atoms with Crippen LogP contribution in [0.4, 0.5) is 0 Å². The van der Waals surface area contributed by atoms with Crippen LogP contribution in [0.25, 0.3) is 0 Å². The van der Waals surface area contributed by atoms with Gasteiger partial charge in [0.15, 0.2) is 12.6 Å². The van der Waals surface area contributed by atoms with Gasteiger partial charge in [0.25, 0.3) is 0 Å². The summed E-state index contributed by atoms with van der Waals surface area (Å²) >= 11 is 0. The molecule has 24 heavy (non-hydrogen) atoms. The third-order valence-corrected chi connectivity index (χ3v) is 10.6. The lowest BCUT2D eigenvalue weighted by atomic mass is 9.70. The number of aliphatic hydroxyl groups is 2. The standard InChI is InChI=1S/C20H26O4/c21-19-17-11-5-1-3-7-9(5)13-15(11)16-12(18(13)20(22)23-7)6-2-4-8(24-19)10(6)14(16)17/h5-22H,1-4H2/t5-,6-,7-,8+,9+,10-,11-,12+,13-,14+,15+,16-,17+,18+,19+,20+/m1/s1. The molecule has 130 valence electrons. The maximum Gasteiger partial charge on any atom is 0.158 e. The highest BCUT2D eigenvalue weighted by Crippen LogP contribution is 2.82. The van der Waals surface area contributed by atoms with E-state index < -0.39 is 12.6 Å². The van der Waals surface area contributed by atoms with Crippen LogP contribution >= 0.6 is 0 Å². The van der Waals surface area contributed by atoms with E-state index in [1.165, 1.54) is 12.8 Å². The Morgan fingerprint density at radius 3 is 1.33 bits per heavy atom. The van der Waals surface area contributed by atoms with Crippen molar-refractivity contribution in [2.75, 3.05) is 0 Å². The van der Waals surface area contributed by atoms with Crippen molar-refractivity contribution in [2.24, 2.45) is 71.0 Å². The molecule has 8 aliphatic rings. The Morgan fingerprint density at radius 2 is 0.875 bits per heavy atom. The lowest BCUT2D eigenvalue weighted by Crippen LogP contribution is -2.48. The highest BCUT2D eigenvalue weighted by atomic mass is 16.6. The fourth-order valence-corrected chi connectivity index (χ4v) is 10.9. The van der Waals surface area contributed by atoms with Gasteiger partial charge in [-0.15, -0.1) is 0 Å². The minimum Gasteiger partial charge on any atom is -0.368 e. The molecule has 0 aromatic heterocycles. The first-order valence-corrected chi connectivity index (χ1v) is 10.4. The van der Waals surface area contributed by atoms with Crippen LogP contribution < -0.4 is 0 Å². The zero-order valence-electron chi connectivity index (χ0n) is 13.8. The van der Waals surface area contributed by atoms with E-state index in [1.807, 2.05) is 0 Å². The van der Waals surface area contributed by atoms with Gasteiger partial charge in [0.2, 0.25) is 0 Å². The van der Waals surface area contributed by atoms with Gasteiger partial charge in [0, 0.05) is 11.8 Å². The molecule has 4 heteroatoms. The van der Waals surface area contributed by atoms with Gasteiger partial charge in [0.1, 0.15) is 0 Å². The third kappa shape index (κ3) is 1.08. The van der Waals surface area contributed by atoms with E-state index >= 15 is 0 Å². The molecule has 0 aromatic rings. The van der Waals surface area contributed by atoms with Crippen molar-refractivity contribution in [2.45, 2.75) is 50.5 Å². The Labute approximate surface area is 141 Å². The summed E-state index contributed by atoms with van der Waals surface area (Å²) < 4.78 is 12.4. The largest absolute Gasteiger partial charge is 0.368 e. The molecule has 0 unspecified atom stereocenters. The third-order valence-electron chi connectivity index (χ3n) is 10.6. The first kappa shape index (κ1) is 13.1. The Hall–Kier alpha value is -0.160. The molecule has 2 heterocycles. The van der Waals surface area contributed by atoms with Crippen LogP contribution in [0.3, 0.4) is 0 Å². The second kappa shape index (κ2) is 3.76. The van der Waals surface area contributed by atoms with Crippen LogP contribution in [0.5, 0.6) is 0 Å². The van der Waals surface area contributed by atoms with Crippen molar-refractivity contribution in [3.63, 3.8) is 0 Å². The fourth-order valence-electron chi connectivity index (χ4n) is 10.9. The Balaban J connectivity index is 1.38. The Kier molecular flexibility index (Phi) is 2.05. The Bertz CT molecular complexity index is 583. The van der Waals surface area contributed by atoms with Crippen molar-refractivity contribution < 1.29 is 19.7 Å². The van der Waals surface area contributed by atoms with E-state index in [2.05, 4.69) is 0 Å². The van der Waals surface area contributed by atoms with Crippen LogP contribution in [-0.4, -0.2) is 35.0 Å². The van der Waals surface area contributed by atoms with Crippen molar-refractivity contribution in [3.05, 3.63) is 0 Å². The quantitative estimate of drug-likeness (QED) is 0.706. The van der Waals surface area contributed by atoms with Crippen molar-refractivity contribution in [1.82, 2.24) is 0 Å². The molecule has 2 N–H and O–H groups in total. The number of ether oxygens (including phenoxy) is 2. The molecular formula is C20H26O4. The summed E-state index contributed by atoms with van der Waals surface area (Å²) in [5, 5.41) is 21.9. The predicted molar refractivity (Wildman–Crippen MR) is 82.1 cm³/mol. The minimum atomic E-state index is -0.521. The van der Waals surface area contributed by atoms with Gasteiger partial charge < -0.3 is 19.7 Å². The summed E-state index contributed by atoms with van der Waals surface area (Å²) in [6, 6.07) is 0. The number of hydrogen-bond donors (Lipinski definition) is 2. The van der Waals surface area contributed by atoms with Crippen molar-refractivity contribution in [1.29, 1.82) is 0 Å². The average Bonchev–Trinajstić information content (AvgIpc) is 3.29. The van der Waals surface area contributed by atoms with Gasteiger partial charge in [-0.3, -0.25) is 0 Å². The second-order valence-corrected chi connectivity index (χ2v) is 10.4. The summed E-state index contributed by atoms with van der Waals surface area (Å²) in [6.07, 6.45) is 4.29. The highest BCUT2D eigenvalue weighted by molar-refractivity contribution is 5.27. The van der Waals surface area contributed by atoms with Gasteiger partial charge in [-0.25, -0.2) is 0 Å². The molecule has 0 bridgehead atoms. The van der Waals surface area contributed by atoms with Crippen LogP contribution in [0, 0.1) is 71.0 Å². The first-order valence-electron chi connectivity index (χ1n) is 10.4. The zero-order valence-corrected chi connectivity index (χ0v) is 13.8. The van der Waals surface area contributed by atoms with Crippen molar-refractivity contribution in [3.8, 4) is 0 Å². The smallest absolute Gasteiger partial charge is 0.158 e. The molecular weight excluding hydrogens is 304 g/mol. The topological polar surface area (TPSA) is 58.9 Å². The molecule has 2 saturated heterocycles. The highest BCUT2D eigenvalue weighted by Gasteiger charge is 2.81. The lowest BCUT2D eigenvalue weighted by Gasteiger charge is -2.44.